The van der Waals surface area contributed by atoms with Crippen molar-refractivity contribution in [3.8, 4) is 0 Å². The lowest BCUT2D eigenvalue weighted by Crippen LogP contribution is -2.53. The molecule has 0 aliphatic carbocycles. The van der Waals surface area contributed by atoms with Crippen LogP contribution in [-0.2, 0) is 13.1 Å². The van der Waals surface area contributed by atoms with Crippen LogP contribution in [0.1, 0.15) is 31.7 Å². The summed E-state index contributed by atoms with van der Waals surface area (Å²) in [5.74, 6) is 0. The second kappa shape index (κ2) is 5.73. The van der Waals surface area contributed by atoms with E-state index in [-0.39, 0.29) is 25.9 Å². The van der Waals surface area contributed by atoms with Gasteiger partial charge in [0.15, 0.2) is 5.60 Å². The van der Waals surface area contributed by atoms with Crippen molar-refractivity contribution in [2.75, 3.05) is 13.1 Å². The van der Waals surface area contributed by atoms with Gasteiger partial charge in [0, 0.05) is 37.9 Å². The highest BCUT2D eigenvalue weighted by Crippen LogP contribution is 2.38. The van der Waals surface area contributed by atoms with Crippen molar-refractivity contribution in [1.82, 2.24) is 14.7 Å². The van der Waals surface area contributed by atoms with Crippen molar-refractivity contribution >= 4 is 0 Å². The zero-order chi connectivity index (χ0) is 14.8. The normalized spacial score (nSPS) is 20.2. The summed E-state index contributed by atoms with van der Waals surface area (Å²) < 4.78 is 39.9. The van der Waals surface area contributed by atoms with E-state index in [1.54, 1.807) is 6.20 Å². The summed E-state index contributed by atoms with van der Waals surface area (Å²) in [6.07, 6.45) is -0.401. The third-order valence-corrected chi connectivity index (χ3v) is 3.76. The van der Waals surface area contributed by atoms with E-state index in [2.05, 4.69) is 12.0 Å². The smallest absolute Gasteiger partial charge is 0.380 e. The molecule has 1 saturated heterocycles. The Labute approximate surface area is 116 Å². The molecule has 4 nitrogen and oxygen atoms in total. The predicted octanol–water partition coefficient (Wildman–Crippen LogP) is 2.18. The number of aliphatic hydroxyl groups is 1. The first-order valence-electron chi connectivity index (χ1n) is 6.87. The molecule has 20 heavy (non-hydrogen) atoms. The molecule has 0 amide bonds. The van der Waals surface area contributed by atoms with Gasteiger partial charge in [-0.05, 0) is 19.3 Å². The Kier molecular flexibility index (Phi) is 4.39. The molecular weight excluding hydrogens is 271 g/mol. The van der Waals surface area contributed by atoms with Crippen LogP contribution in [-0.4, -0.2) is 44.7 Å². The summed E-state index contributed by atoms with van der Waals surface area (Å²) in [5, 5.41) is 13.8. The first-order valence-corrected chi connectivity index (χ1v) is 6.87. The molecule has 2 heterocycles. The van der Waals surface area contributed by atoms with Crippen molar-refractivity contribution in [3.05, 3.63) is 18.0 Å². The molecule has 0 saturated carbocycles. The van der Waals surface area contributed by atoms with Crippen LogP contribution in [0.25, 0.3) is 0 Å². The lowest BCUT2D eigenvalue weighted by molar-refractivity contribution is -0.272. The quantitative estimate of drug-likeness (QED) is 0.924. The third kappa shape index (κ3) is 3.32. The van der Waals surface area contributed by atoms with Gasteiger partial charge in [0.05, 0.1) is 6.20 Å². The largest absolute Gasteiger partial charge is 0.417 e. The van der Waals surface area contributed by atoms with E-state index in [1.807, 2.05) is 15.8 Å². The standard InChI is InChI=1S/C13H20F3N3O/c1-2-5-19-10-11(8-17-19)9-18-6-3-12(20,4-7-18)13(14,15)16/h8,10,20H,2-7,9H2,1H3. The van der Waals surface area contributed by atoms with Gasteiger partial charge in [0.1, 0.15) is 0 Å². The van der Waals surface area contributed by atoms with Crippen LogP contribution in [0.2, 0.25) is 0 Å². The van der Waals surface area contributed by atoms with E-state index < -0.39 is 11.8 Å². The van der Waals surface area contributed by atoms with Crippen LogP contribution in [0, 0.1) is 0 Å². The van der Waals surface area contributed by atoms with Crippen molar-refractivity contribution in [3.63, 3.8) is 0 Å². The number of hydrogen-bond donors (Lipinski definition) is 1. The van der Waals surface area contributed by atoms with Crippen LogP contribution in [0.4, 0.5) is 13.2 Å². The number of likely N-dealkylation sites (tertiary alicyclic amines) is 1. The number of rotatable bonds is 4. The highest BCUT2D eigenvalue weighted by atomic mass is 19.4. The maximum Gasteiger partial charge on any atom is 0.417 e. The van der Waals surface area contributed by atoms with Gasteiger partial charge >= 0.3 is 6.18 Å². The zero-order valence-electron chi connectivity index (χ0n) is 11.5. The molecule has 1 aliphatic rings. The van der Waals surface area contributed by atoms with Crippen molar-refractivity contribution < 1.29 is 18.3 Å². The van der Waals surface area contributed by atoms with Crippen LogP contribution in [0.15, 0.2) is 12.4 Å². The van der Waals surface area contributed by atoms with Crippen LogP contribution >= 0.6 is 0 Å². The first kappa shape index (κ1) is 15.3. The number of halogens is 3. The molecule has 7 heteroatoms. The second-order valence-corrected chi connectivity index (χ2v) is 5.42. The van der Waals surface area contributed by atoms with Gasteiger partial charge in [0.25, 0.3) is 0 Å². The molecular formula is C13H20F3N3O. The fourth-order valence-corrected chi connectivity index (χ4v) is 2.46. The number of aryl methyl sites for hydroxylation is 1. The van der Waals surface area contributed by atoms with Gasteiger partial charge in [-0.2, -0.15) is 18.3 Å². The van der Waals surface area contributed by atoms with Crippen molar-refractivity contribution in [2.24, 2.45) is 0 Å². The molecule has 1 aromatic rings. The molecule has 0 aromatic carbocycles. The number of hydrogen-bond acceptors (Lipinski definition) is 3. The molecule has 0 bridgehead atoms. The van der Waals surface area contributed by atoms with E-state index in [0.717, 1.165) is 18.5 Å². The average Bonchev–Trinajstić information content (AvgIpc) is 2.79. The lowest BCUT2D eigenvalue weighted by atomic mass is 9.90. The zero-order valence-corrected chi connectivity index (χ0v) is 11.5. The van der Waals surface area contributed by atoms with Gasteiger partial charge < -0.3 is 5.11 Å². The van der Waals surface area contributed by atoms with E-state index in [0.29, 0.717) is 6.54 Å². The average molecular weight is 291 g/mol. The molecule has 0 radical (unpaired) electrons. The van der Waals surface area contributed by atoms with E-state index in [1.165, 1.54) is 0 Å². The minimum Gasteiger partial charge on any atom is -0.380 e. The van der Waals surface area contributed by atoms with Gasteiger partial charge in [-0.15, -0.1) is 0 Å². The molecule has 0 spiro atoms. The van der Waals surface area contributed by atoms with E-state index in [9.17, 15) is 18.3 Å². The Morgan fingerprint density at radius 3 is 2.55 bits per heavy atom. The monoisotopic (exact) mass is 291 g/mol. The summed E-state index contributed by atoms with van der Waals surface area (Å²) in [6, 6.07) is 0. The SMILES string of the molecule is CCCn1cc(CN2CCC(O)(C(F)(F)F)CC2)cn1. The van der Waals surface area contributed by atoms with Gasteiger partial charge in [-0.1, -0.05) is 6.92 Å². The molecule has 1 aromatic heterocycles. The summed E-state index contributed by atoms with van der Waals surface area (Å²) in [7, 11) is 0. The van der Waals surface area contributed by atoms with Crippen LogP contribution in [0.3, 0.4) is 0 Å². The Morgan fingerprint density at radius 2 is 2.00 bits per heavy atom. The fourth-order valence-electron chi connectivity index (χ4n) is 2.46. The van der Waals surface area contributed by atoms with Gasteiger partial charge in [0.2, 0.25) is 0 Å². The Bertz CT molecular complexity index is 436. The molecule has 2 rings (SSSR count). The highest BCUT2D eigenvalue weighted by Gasteiger charge is 2.54. The minimum absolute atomic E-state index is 0.245. The Morgan fingerprint density at radius 1 is 1.35 bits per heavy atom. The van der Waals surface area contributed by atoms with Gasteiger partial charge in [-0.25, -0.2) is 0 Å². The molecule has 0 atom stereocenters. The molecule has 1 aliphatic heterocycles. The number of nitrogens with zero attached hydrogens (tertiary/aromatic N) is 3. The third-order valence-electron chi connectivity index (χ3n) is 3.76. The van der Waals surface area contributed by atoms with E-state index >= 15 is 0 Å². The topological polar surface area (TPSA) is 41.3 Å². The summed E-state index contributed by atoms with van der Waals surface area (Å²) in [6.45, 7) is 3.97. The van der Waals surface area contributed by atoms with Crippen molar-refractivity contribution in [2.45, 2.75) is 51.1 Å². The summed E-state index contributed by atoms with van der Waals surface area (Å²) in [4.78, 5) is 1.92. The lowest BCUT2D eigenvalue weighted by Gasteiger charge is -2.38. The second-order valence-electron chi connectivity index (χ2n) is 5.42. The number of aromatic nitrogens is 2. The van der Waals surface area contributed by atoms with Crippen molar-refractivity contribution in [1.29, 1.82) is 0 Å². The van der Waals surface area contributed by atoms with Gasteiger partial charge in [-0.3, -0.25) is 9.58 Å². The van der Waals surface area contributed by atoms with E-state index in [4.69, 9.17) is 0 Å². The molecule has 1 fully saturated rings. The molecule has 0 unspecified atom stereocenters. The minimum atomic E-state index is -4.54. The molecule has 114 valence electrons. The first-order chi connectivity index (χ1) is 9.34. The number of alkyl halides is 3. The highest BCUT2D eigenvalue weighted by molar-refractivity contribution is 5.04. The predicted molar refractivity (Wildman–Crippen MR) is 68.0 cm³/mol. The number of piperidine rings is 1. The summed E-state index contributed by atoms with van der Waals surface area (Å²) in [5.41, 5.74) is -1.52. The maximum absolute atomic E-state index is 12.7. The Balaban J connectivity index is 1.88. The summed E-state index contributed by atoms with van der Waals surface area (Å²) >= 11 is 0. The molecule has 1 N–H and O–H groups in total. The fraction of sp³-hybridized carbons (Fsp3) is 0.769. The maximum atomic E-state index is 12.7. The van der Waals surface area contributed by atoms with Crippen LogP contribution in [0.5, 0.6) is 0 Å². The Hall–Kier alpha value is -1.08. The van der Waals surface area contributed by atoms with Crippen LogP contribution < -0.4 is 0 Å².